The maximum absolute atomic E-state index is 12.3. The summed E-state index contributed by atoms with van der Waals surface area (Å²) in [5.41, 5.74) is 6.28. The van der Waals surface area contributed by atoms with Gasteiger partial charge in [0.1, 0.15) is 5.75 Å². The van der Waals surface area contributed by atoms with Crippen LogP contribution in [0.15, 0.2) is 23.1 Å². The van der Waals surface area contributed by atoms with Gasteiger partial charge in [-0.2, -0.15) is 11.8 Å². The van der Waals surface area contributed by atoms with Gasteiger partial charge in [0, 0.05) is 18.2 Å². The SMILES string of the molecule is COc1ccc(S(=O)(=O)NC(C)CCSC)cc1CN. The summed E-state index contributed by atoms with van der Waals surface area (Å²) >= 11 is 1.69. The molecular weight excluding hydrogens is 296 g/mol. The van der Waals surface area contributed by atoms with Crippen LogP contribution in [0, 0.1) is 0 Å². The van der Waals surface area contributed by atoms with E-state index >= 15 is 0 Å². The van der Waals surface area contributed by atoms with Gasteiger partial charge >= 0.3 is 0 Å². The van der Waals surface area contributed by atoms with Crippen molar-refractivity contribution >= 4 is 21.8 Å². The molecule has 1 unspecified atom stereocenters. The molecule has 0 heterocycles. The predicted octanol–water partition coefficient (Wildman–Crippen LogP) is 1.57. The van der Waals surface area contributed by atoms with E-state index in [2.05, 4.69) is 4.72 Å². The molecule has 1 rings (SSSR count). The normalized spacial score (nSPS) is 13.2. The van der Waals surface area contributed by atoms with Gasteiger partial charge < -0.3 is 10.5 Å². The van der Waals surface area contributed by atoms with Crippen LogP contribution in [0.1, 0.15) is 18.9 Å². The first-order valence-corrected chi connectivity index (χ1v) is 9.20. The van der Waals surface area contributed by atoms with Gasteiger partial charge in [-0.15, -0.1) is 0 Å². The quantitative estimate of drug-likeness (QED) is 0.760. The Kier molecular flexibility index (Phi) is 6.81. The minimum atomic E-state index is -3.52. The summed E-state index contributed by atoms with van der Waals surface area (Å²) in [5, 5.41) is 0. The average Bonchev–Trinajstić information content (AvgIpc) is 2.43. The van der Waals surface area contributed by atoms with Crippen LogP contribution >= 0.6 is 11.8 Å². The minimum Gasteiger partial charge on any atom is -0.496 e. The molecule has 0 aliphatic heterocycles. The fourth-order valence-electron chi connectivity index (χ4n) is 1.77. The van der Waals surface area contributed by atoms with Crippen LogP contribution in [-0.2, 0) is 16.6 Å². The Hall–Kier alpha value is -0.760. The number of ether oxygens (including phenoxy) is 1. The van der Waals surface area contributed by atoms with Crippen molar-refractivity contribution in [2.24, 2.45) is 5.73 Å². The summed E-state index contributed by atoms with van der Waals surface area (Å²) in [6.45, 7) is 2.09. The zero-order chi connectivity index (χ0) is 15.2. The lowest BCUT2D eigenvalue weighted by Gasteiger charge is -2.15. The van der Waals surface area contributed by atoms with Crippen LogP contribution < -0.4 is 15.2 Å². The Morgan fingerprint density at radius 1 is 1.45 bits per heavy atom. The summed E-state index contributed by atoms with van der Waals surface area (Å²) in [5.74, 6) is 1.52. The summed E-state index contributed by atoms with van der Waals surface area (Å²) in [6.07, 6.45) is 2.79. The number of benzene rings is 1. The van der Waals surface area contributed by atoms with E-state index in [-0.39, 0.29) is 17.5 Å². The topological polar surface area (TPSA) is 81.4 Å². The van der Waals surface area contributed by atoms with Crippen LogP contribution in [0.4, 0.5) is 0 Å². The maximum Gasteiger partial charge on any atom is 0.240 e. The van der Waals surface area contributed by atoms with E-state index in [1.807, 2.05) is 13.2 Å². The number of hydrogen-bond donors (Lipinski definition) is 2. The van der Waals surface area contributed by atoms with E-state index in [0.29, 0.717) is 11.3 Å². The third-order valence-electron chi connectivity index (χ3n) is 2.89. The molecule has 0 radical (unpaired) electrons. The van der Waals surface area contributed by atoms with E-state index in [1.165, 1.54) is 13.2 Å². The summed E-state index contributed by atoms with van der Waals surface area (Å²) in [7, 11) is -1.98. The molecule has 1 atom stereocenters. The van der Waals surface area contributed by atoms with Crippen LogP contribution in [0.2, 0.25) is 0 Å². The largest absolute Gasteiger partial charge is 0.496 e. The standard InChI is InChI=1S/C13H22N2O3S2/c1-10(6-7-19-3)15-20(16,17)12-4-5-13(18-2)11(8-12)9-14/h4-5,8,10,15H,6-7,9,14H2,1-3H3. The van der Waals surface area contributed by atoms with Gasteiger partial charge in [0.15, 0.2) is 0 Å². The Bertz CT molecular complexity index is 532. The number of sulfonamides is 1. The van der Waals surface area contributed by atoms with Crippen LogP contribution in [0.25, 0.3) is 0 Å². The average molecular weight is 318 g/mol. The Morgan fingerprint density at radius 2 is 2.15 bits per heavy atom. The first-order valence-electron chi connectivity index (χ1n) is 6.32. The monoisotopic (exact) mass is 318 g/mol. The lowest BCUT2D eigenvalue weighted by Crippen LogP contribution is -2.33. The first-order chi connectivity index (χ1) is 9.44. The molecule has 0 aromatic heterocycles. The number of nitrogens with one attached hydrogen (secondary N) is 1. The van der Waals surface area contributed by atoms with Gasteiger partial charge in [-0.25, -0.2) is 13.1 Å². The number of thioether (sulfide) groups is 1. The molecule has 0 aliphatic carbocycles. The number of methoxy groups -OCH3 is 1. The first kappa shape index (κ1) is 17.3. The molecule has 5 nitrogen and oxygen atoms in total. The molecule has 0 fully saturated rings. The number of hydrogen-bond acceptors (Lipinski definition) is 5. The van der Waals surface area contributed by atoms with Crippen molar-refractivity contribution in [1.29, 1.82) is 0 Å². The smallest absolute Gasteiger partial charge is 0.240 e. The van der Waals surface area contributed by atoms with E-state index in [4.69, 9.17) is 10.5 Å². The molecule has 1 aromatic carbocycles. The highest BCUT2D eigenvalue weighted by Crippen LogP contribution is 2.22. The van der Waals surface area contributed by atoms with E-state index in [9.17, 15) is 8.42 Å². The van der Waals surface area contributed by atoms with Gasteiger partial charge in [-0.05, 0) is 43.6 Å². The number of nitrogens with two attached hydrogens (primary N) is 1. The van der Waals surface area contributed by atoms with E-state index < -0.39 is 10.0 Å². The predicted molar refractivity (Wildman–Crippen MR) is 83.7 cm³/mol. The molecule has 0 amide bonds. The van der Waals surface area contributed by atoms with E-state index in [1.54, 1.807) is 23.9 Å². The minimum absolute atomic E-state index is 0.101. The molecule has 20 heavy (non-hydrogen) atoms. The van der Waals surface area contributed by atoms with Crippen molar-refractivity contribution in [1.82, 2.24) is 4.72 Å². The molecule has 0 aliphatic rings. The molecule has 0 bridgehead atoms. The highest BCUT2D eigenvalue weighted by Gasteiger charge is 2.18. The highest BCUT2D eigenvalue weighted by atomic mass is 32.2. The van der Waals surface area contributed by atoms with Crippen molar-refractivity contribution in [3.05, 3.63) is 23.8 Å². The fraction of sp³-hybridized carbons (Fsp3) is 0.538. The molecule has 0 saturated heterocycles. The molecule has 1 aromatic rings. The zero-order valence-electron chi connectivity index (χ0n) is 12.0. The highest BCUT2D eigenvalue weighted by molar-refractivity contribution is 7.98. The van der Waals surface area contributed by atoms with Crippen molar-refractivity contribution in [2.45, 2.75) is 30.8 Å². The maximum atomic E-state index is 12.3. The lowest BCUT2D eigenvalue weighted by molar-refractivity contribution is 0.409. The Balaban J connectivity index is 2.92. The van der Waals surface area contributed by atoms with Gasteiger partial charge in [-0.1, -0.05) is 0 Å². The third kappa shape index (κ3) is 4.66. The lowest BCUT2D eigenvalue weighted by atomic mass is 10.2. The van der Waals surface area contributed by atoms with Crippen molar-refractivity contribution in [3.63, 3.8) is 0 Å². The molecule has 0 spiro atoms. The fourth-order valence-corrected chi connectivity index (χ4v) is 3.69. The molecule has 3 N–H and O–H groups in total. The second-order valence-corrected chi connectivity index (χ2v) is 7.18. The van der Waals surface area contributed by atoms with E-state index in [0.717, 1.165) is 12.2 Å². The van der Waals surface area contributed by atoms with Crippen LogP contribution in [-0.4, -0.2) is 33.6 Å². The molecule has 0 saturated carbocycles. The second-order valence-electron chi connectivity index (χ2n) is 4.48. The molecular formula is C13H22N2O3S2. The van der Waals surface area contributed by atoms with Crippen molar-refractivity contribution in [3.8, 4) is 5.75 Å². The summed E-state index contributed by atoms with van der Waals surface area (Å²) in [4.78, 5) is 0.217. The van der Waals surface area contributed by atoms with Gasteiger partial charge in [0.05, 0.1) is 12.0 Å². The molecule has 7 heteroatoms. The number of rotatable bonds is 8. The molecule has 114 valence electrons. The van der Waals surface area contributed by atoms with Crippen molar-refractivity contribution < 1.29 is 13.2 Å². The van der Waals surface area contributed by atoms with Crippen LogP contribution in [0.3, 0.4) is 0 Å². The van der Waals surface area contributed by atoms with Crippen molar-refractivity contribution in [2.75, 3.05) is 19.1 Å². The van der Waals surface area contributed by atoms with Gasteiger partial charge in [0.2, 0.25) is 10.0 Å². The second kappa shape index (κ2) is 7.87. The zero-order valence-corrected chi connectivity index (χ0v) is 13.7. The summed E-state index contributed by atoms with van der Waals surface area (Å²) in [6, 6.07) is 4.61. The van der Waals surface area contributed by atoms with Gasteiger partial charge in [0.25, 0.3) is 0 Å². The summed E-state index contributed by atoms with van der Waals surface area (Å²) < 4.78 is 32.4. The van der Waals surface area contributed by atoms with Gasteiger partial charge in [-0.3, -0.25) is 0 Å². The van der Waals surface area contributed by atoms with Crippen LogP contribution in [0.5, 0.6) is 5.75 Å². The third-order valence-corrected chi connectivity index (χ3v) is 5.12. The Morgan fingerprint density at radius 3 is 2.70 bits per heavy atom. The Labute approximate surface area is 125 Å².